The fourth-order valence-electron chi connectivity index (χ4n) is 4.30. The lowest BCUT2D eigenvalue weighted by atomic mass is 9.69. The molecule has 2 saturated heterocycles. The van der Waals surface area contributed by atoms with Crippen molar-refractivity contribution in [2.24, 2.45) is 5.92 Å². The summed E-state index contributed by atoms with van der Waals surface area (Å²) in [4.78, 5) is 24.4. The van der Waals surface area contributed by atoms with E-state index in [2.05, 4.69) is 26.3 Å². The minimum Gasteiger partial charge on any atom is -0.458 e. The lowest BCUT2D eigenvalue weighted by Crippen LogP contribution is -2.46. The molecule has 1 saturated carbocycles. The fourth-order valence-corrected chi connectivity index (χ4v) is 4.30. The molecular weight excluding hydrogens is 344 g/mol. The zero-order chi connectivity index (χ0) is 19.8. The topological polar surface area (TPSA) is 65.1 Å². The zero-order valence-corrected chi connectivity index (χ0v) is 16.0. The fraction of sp³-hybridized carbons (Fsp3) is 0.545. The van der Waals surface area contributed by atoms with Crippen LogP contribution in [0, 0.1) is 5.92 Å². The third-order valence-electron chi connectivity index (χ3n) is 5.76. The van der Waals surface area contributed by atoms with Crippen molar-refractivity contribution in [3.05, 3.63) is 49.6 Å². The van der Waals surface area contributed by atoms with Crippen molar-refractivity contribution in [1.82, 2.24) is 0 Å². The Hall–Kier alpha value is -2.14. The van der Waals surface area contributed by atoms with Gasteiger partial charge in [-0.1, -0.05) is 30.9 Å². The van der Waals surface area contributed by atoms with Crippen molar-refractivity contribution in [2.45, 2.75) is 68.9 Å². The molecule has 5 nitrogen and oxygen atoms in total. The van der Waals surface area contributed by atoms with Gasteiger partial charge in [-0.3, -0.25) is 4.79 Å². The molecule has 0 aromatic heterocycles. The van der Waals surface area contributed by atoms with E-state index in [4.69, 9.17) is 14.2 Å². The number of rotatable bonds is 9. The molecule has 5 heteroatoms. The molecule has 0 aromatic carbocycles. The monoisotopic (exact) mass is 372 g/mol. The van der Waals surface area contributed by atoms with Crippen LogP contribution in [0.2, 0.25) is 0 Å². The second kappa shape index (κ2) is 7.12. The highest BCUT2D eigenvalue weighted by Crippen LogP contribution is 2.52. The van der Waals surface area contributed by atoms with Crippen molar-refractivity contribution in [3.8, 4) is 0 Å². The predicted molar refractivity (Wildman–Crippen MR) is 102 cm³/mol. The Labute approximate surface area is 160 Å². The second-order valence-electron chi connectivity index (χ2n) is 8.14. The van der Waals surface area contributed by atoms with E-state index in [1.54, 1.807) is 12.2 Å². The number of allylic oxidation sites excluding steroid dienone is 1. The molecule has 2 heterocycles. The molecule has 2 aliphatic heterocycles. The van der Waals surface area contributed by atoms with Crippen LogP contribution in [-0.2, 0) is 23.8 Å². The number of carbonyl (C=O) groups excluding carboxylic acids is 2. The van der Waals surface area contributed by atoms with Crippen molar-refractivity contribution in [1.29, 1.82) is 0 Å². The first-order chi connectivity index (χ1) is 12.7. The number of cyclic esters (lactones) is 1. The van der Waals surface area contributed by atoms with Gasteiger partial charge in [-0.05, 0) is 26.2 Å². The quantitative estimate of drug-likeness (QED) is 0.266. The first-order valence-corrected chi connectivity index (χ1v) is 9.41. The molecule has 0 N–H and O–H groups in total. The summed E-state index contributed by atoms with van der Waals surface area (Å²) in [7, 11) is 0. The molecule has 0 aromatic rings. The van der Waals surface area contributed by atoms with E-state index in [0.717, 1.165) is 5.57 Å². The lowest BCUT2D eigenvalue weighted by molar-refractivity contribution is -0.167. The van der Waals surface area contributed by atoms with E-state index in [1.807, 2.05) is 6.92 Å². The van der Waals surface area contributed by atoms with Crippen molar-refractivity contribution in [2.75, 3.05) is 0 Å². The van der Waals surface area contributed by atoms with Crippen LogP contribution in [0.25, 0.3) is 0 Å². The highest BCUT2D eigenvalue weighted by Gasteiger charge is 2.62. The molecule has 3 aliphatic rings. The van der Waals surface area contributed by atoms with Gasteiger partial charge in [0.25, 0.3) is 0 Å². The van der Waals surface area contributed by atoms with Gasteiger partial charge < -0.3 is 14.2 Å². The van der Waals surface area contributed by atoms with Gasteiger partial charge in [0, 0.05) is 30.8 Å². The van der Waals surface area contributed by atoms with Crippen LogP contribution in [0.4, 0.5) is 0 Å². The predicted octanol–water partition coefficient (Wildman–Crippen LogP) is 3.81. The first kappa shape index (κ1) is 19.6. The molecule has 3 fully saturated rings. The highest BCUT2D eigenvalue weighted by atomic mass is 16.6. The zero-order valence-electron chi connectivity index (χ0n) is 16.0. The van der Waals surface area contributed by atoms with Crippen LogP contribution in [0.3, 0.4) is 0 Å². The molecule has 0 spiro atoms. The van der Waals surface area contributed by atoms with Crippen molar-refractivity contribution >= 4 is 11.9 Å². The molecule has 0 unspecified atom stereocenters. The van der Waals surface area contributed by atoms with Gasteiger partial charge in [-0.2, -0.15) is 0 Å². The maximum absolute atomic E-state index is 12.2. The number of esters is 2. The SMILES string of the molecule is C=CCCC(=O)OC1(C[C@H]2C(=C)C(=O)O[C@@H]2[C@H]2O[C@]2(C)CC=C)CC(=C)C1. The Morgan fingerprint density at radius 3 is 2.59 bits per heavy atom. The van der Waals surface area contributed by atoms with Gasteiger partial charge in [-0.15, -0.1) is 13.2 Å². The number of epoxide rings is 1. The van der Waals surface area contributed by atoms with E-state index >= 15 is 0 Å². The summed E-state index contributed by atoms with van der Waals surface area (Å²) in [5, 5.41) is 0. The normalized spacial score (nSPS) is 33.8. The third kappa shape index (κ3) is 3.79. The summed E-state index contributed by atoms with van der Waals surface area (Å²) < 4.78 is 17.3. The van der Waals surface area contributed by atoms with E-state index in [-0.39, 0.29) is 23.6 Å². The van der Waals surface area contributed by atoms with Crippen LogP contribution in [0.5, 0.6) is 0 Å². The van der Waals surface area contributed by atoms with E-state index in [9.17, 15) is 9.59 Å². The summed E-state index contributed by atoms with van der Waals surface area (Å²) in [6.45, 7) is 17.3. The average Bonchev–Trinajstić information content (AvgIpc) is 3.16. The molecule has 1 aliphatic carbocycles. The number of hydrogen-bond acceptors (Lipinski definition) is 5. The second-order valence-corrected chi connectivity index (χ2v) is 8.14. The third-order valence-corrected chi connectivity index (χ3v) is 5.76. The Morgan fingerprint density at radius 1 is 1.30 bits per heavy atom. The van der Waals surface area contributed by atoms with Crippen LogP contribution in [0.15, 0.2) is 49.6 Å². The number of ether oxygens (including phenoxy) is 3. The minimum absolute atomic E-state index is 0.194. The van der Waals surface area contributed by atoms with Gasteiger partial charge in [0.1, 0.15) is 17.8 Å². The Morgan fingerprint density at radius 2 is 2.00 bits per heavy atom. The van der Waals surface area contributed by atoms with Crippen LogP contribution >= 0.6 is 0 Å². The van der Waals surface area contributed by atoms with Gasteiger partial charge in [-0.25, -0.2) is 4.79 Å². The molecule has 0 bridgehead atoms. The standard InChI is InChI=1S/C22H28O5/c1-6-8-9-17(23)26-22(11-14(3)12-22)13-16-15(4)20(24)25-18(16)19-21(5,27-19)10-7-2/h6-7,16,18-19H,1-4,8-13H2,5H3/t16-,18-,19+,21+/m0/s1. The van der Waals surface area contributed by atoms with Gasteiger partial charge in [0.2, 0.25) is 0 Å². The van der Waals surface area contributed by atoms with Gasteiger partial charge >= 0.3 is 11.9 Å². The summed E-state index contributed by atoms with van der Waals surface area (Å²) in [6, 6.07) is 0. The molecular formula is C22H28O5. The van der Waals surface area contributed by atoms with Crippen molar-refractivity contribution in [3.63, 3.8) is 0 Å². The molecule has 27 heavy (non-hydrogen) atoms. The lowest BCUT2D eigenvalue weighted by Gasteiger charge is -2.44. The Bertz CT molecular complexity index is 697. The molecule has 146 valence electrons. The maximum Gasteiger partial charge on any atom is 0.334 e. The summed E-state index contributed by atoms with van der Waals surface area (Å²) in [5.74, 6) is -0.892. The minimum atomic E-state index is -0.640. The average molecular weight is 372 g/mol. The summed E-state index contributed by atoms with van der Waals surface area (Å²) in [6.07, 6.45) is 6.15. The Kier molecular flexibility index (Phi) is 5.17. The highest BCUT2D eigenvalue weighted by molar-refractivity contribution is 5.91. The van der Waals surface area contributed by atoms with Gasteiger partial charge in [0.05, 0.1) is 5.60 Å². The number of carbonyl (C=O) groups is 2. The van der Waals surface area contributed by atoms with E-state index < -0.39 is 17.7 Å². The molecule has 0 amide bonds. The molecule has 4 atom stereocenters. The smallest absolute Gasteiger partial charge is 0.334 e. The number of hydrogen-bond donors (Lipinski definition) is 0. The maximum atomic E-state index is 12.2. The van der Waals surface area contributed by atoms with Crippen LogP contribution < -0.4 is 0 Å². The van der Waals surface area contributed by atoms with Crippen LogP contribution in [-0.4, -0.2) is 35.3 Å². The Balaban J connectivity index is 1.73. The van der Waals surface area contributed by atoms with Crippen LogP contribution in [0.1, 0.15) is 45.4 Å². The largest absolute Gasteiger partial charge is 0.458 e. The summed E-state index contributed by atoms with van der Waals surface area (Å²) >= 11 is 0. The summed E-state index contributed by atoms with van der Waals surface area (Å²) in [5.41, 5.74) is 0.458. The van der Waals surface area contributed by atoms with E-state index in [0.29, 0.717) is 44.1 Å². The van der Waals surface area contributed by atoms with Crippen molar-refractivity contribution < 1.29 is 23.8 Å². The molecule has 0 radical (unpaired) electrons. The van der Waals surface area contributed by atoms with E-state index in [1.165, 1.54) is 0 Å². The first-order valence-electron chi connectivity index (χ1n) is 9.41. The van der Waals surface area contributed by atoms with Gasteiger partial charge in [0.15, 0.2) is 0 Å². The molecule has 3 rings (SSSR count).